The van der Waals surface area contributed by atoms with Gasteiger partial charge in [-0.15, -0.1) is 0 Å². The highest BCUT2D eigenvalue weighted by molar-refractivity contribution is 6.30. The summed E-state index contributed by atoms with van der Waals surface area (Å²) in [6, 6.07) is 7.20. The molecule has 2 rings (SSSR count). The number of aliphatic carboxylic acids is 1. The van der Waals surface area contributed by atoms with Gasteiger partial charge in [0.25, 0.3) is 0 Å². The molecule has 0 fully saturated rings. The van der Waals surface area contributed by atoms with Gasteiger partial charge in [0.1, 0.15) is 0 Å². The van der Waals surface area contributed by atoms with Gasteiger partial charge in [-0.1, -0.05) is 34.9 Å². The smallest absolute Gasteiger partial charge is 0.224 e. The van der Waals surface area contributed by atoms with Crippen LogP contribution in [0.3, 0.4) is 0 Å². The molecule has 0 bridgehead atoms. The number of carboxylic acids is 1. The Hall–Kier alpha value is -1.81. The molecule has 1 aliphatic carbocycles. The molecule has 0 spiro atoms. The summed E-state index contributed by atoms with van der Waals surface area (Å²) in [6.07, 6.45) is 0.843. The van der Waals surface area contributed by atoms with Crippen molar-refractivity contribution in [3.63, 3.8) is 0 Å². The van der Waals surface area contributed by atoms with Gasteiger partial charge in [-0.25, -0.2) is 0 Å². The van der Waals surface area contributed by atoms with Gasteiger partial charge in [0.05, 0.1) is 0 Å². The van der Waals surface area contributed by atoms with Crippen molar-refractivity contribution < 1.29 is 14.7 Å². The van der Waals surface area contributed by atoms with E-state index in [1.807, 2.05) is 26.0 Å². The van der Waals surface area contributed by atoms with E-state index in [1.165, 1.54) is 0 Å². The Balaban J connectivity index is 2.05. The molecule has 1 N–H and O–H groups in total. The Bertz CT molecular complexity index is 624. The molecule has 0 unspecified atom stereocenters. The summed E-state index contributed by atoms with van der Waals surface area (Å²) < 4.78 is 0. The molecule has 0 radical (unpaired) electrons. The number of allylic oxidation sites excluding steroid dienone is 2. The van der Waals surface area contributed by atoms with Crippen LogP contribution in [0, 0.1) is 11.8 Å². The molecule has 118 valence electrons. The van der Waals surface area contributed by atoms with Crippen LogP contribution in [0.25, 0.3) is 0 Å². The molecule has 0 aromatic heterocycles. The van der Waals surface area contributed by atoms with E-state index in [0.717, 1.165) is 16.7 Å². The quantitative estimate of drug-likeness (QED) is 0.863. The minimum absolute atomic E-state index is 0.249. The maximum atomic E-state index is 12.4. The fraction of sp³-hybridized carbons (Fsp3) is 0.412. The standard InChI is InChI=1S/C17H20ClNO3/c1-10-6-14(15(17(21)22)7-11(10)2)16(20)19-9-12-4-3-5-13(18)8-12/h3-5,8,14-15H,6-7,9H2,1-2H3,(H,19,20)(H,21,22)/p-1/t14-,15-/m0/s1. The molecule has 1 aliphatic rings. The summed E-state index contributed by atoms with van der Waals surface area (Å²) in [5.41, 5.74) is 3.00. The van der Waals surface area contributed by atoms with Gasteiger partial charge < -0.3 is 15.2 Å². The lowest BCUT2D eigenvalue weighted by molar-refractivity contribution is -0.313. The van der Waals surface area contributed by atoms with E-state index < -0.39 is 17.8 Å². The Labute approximate surface area is 135 Å². The maximum Gasteiger partial charge on any atom is 0.224 e. The highest BCUT2D eigenvalue weighted by atomic mass is 35.5. The molecule has 1 aromatic carbocycles. The second-order valence-corrected chi connectivity index (χ2v) is 6.29. The summed E-state index contributed by atoms with van der Waals surface area (Å²) in [7, 11) is 0. The summed E-state index contributed by atoms with van der Waals surface area (Å²) in [5.74, 6) is -2.74. The lowest BCUT2D eigenvalue weighted by Gasteiger charge is -2.32. The van der Waals surface area contributed by atoms with E-state index in [1.54, 1.807) is 12.1 Å². The minimum atomic E-state index is -1.16. The van der Waals surface area contributed by atoms with E-state index in [-0.39, 0.29) is 5.91 Å². The number of halogens is 1. The molecule has 5 heteroatoms. The van der Waals surface area contributed by atoms with Crippen LogP contribution in [0.15, 0.2) is 35.4 Å². The number of carbonyl (C=O) groups excluding carboxylic acids is 2. The molecule has 22 heavy (non-hydrogen) atoms. The van der Waals surface area contributed by atoms with Crippen LogP contribution in [0.4, 0.5) is 0 Å². The van der Waals surface area contributed by atoms with Crippen LogP contribution in [-0.2, 0) is 16.1 Å². The normalized spacial score (nSPS) is 21.6. The third-order valence-electron chi connectivity index (χ3n) is 4.26. The molecular formula is C17H19ClNO3-. The lowest BCUT2D eigenvalue weighted by Crippen LogP contribution is -2.44. The van der Waals surface area contributed by atoms with Gasteiger partial charge in [-0.05, 0) is 44.4 Å². The summed E-state index contributed by atoms with van der Waals surface area (Å²) in [5, 5.41) is 14.7. The largest absolute Gasteiger partial charge is 0.550 e. The lowest BCUT2D eigenvalue weighted by atomic mass is 9.76. The number of amides is 1. The van der Waals surface area contributed by atoms with Crippen LogP contribution in [0.1, 0.15) is 32.3 Å². The summed E-state index contributed by atoms with van der Waals surface area (Å²) in [6.45, 7) is 4.18. The third-order valence-corrected chi connectivity index (χ3v) is 4.50. The first-order valence-corrected chi connectivity index (χ1v) is 7.64. The van der Waals surface area contributed by atoms with Gasteiger partial charge in [-0.2, -0.15) is 0 Å². The third kappa shape index (κ3) is 3.89. The predicted octanol–water partition coefficient (Wildman–Crippen LogP) is 2.07. The van der Waals surface area contributed by atoms with Crippen LogP contribution in [-0.4, -0.2) is 11.9 Å². The van der Waals surface area contributed by atoms with Crippen molar-refractivity contribution in [1.82, 2.24) is 5.32 Å². The molecule has 0 aliphatic heterocycles. The number of nitrogens with one attached hydrogen (secondary N) is 1. The topological polar surface area (TPSA) is 69.2 Å². The predicted molar refractivity (Wildman–Crippen MR) is 82.9 cm³/mol. The van der Waals surface area contributed by atoms with Crippen molar-refractivity contribution in [3.8, 4) is 0 Å². The molecule has 4 nitrogen and oxygen atoms in total. The van der Waals surface area contributed by atoms with Crippen LogP contribution in [0.2, 0.25) is 5.02 Å². The highest BCUT2D eigenvalue weighted by Gasteiger charge is 2.33. The first kappa shape index (κ1) is 16.6. The monoisotopic (exact) mass is 320 g/mol. The number of hydrogen-bond acceptors (Lipinski definition) is 3. The van der Waals surface area contributed by atoms with Gasteiger partial charge in [0.15, 0.2) is 0 Å². The number of carboxylic acid groups (broad SMARTS) is 1. The van der Waals surface area contributed by atoms with Crippen molar-refractivity contribution in [2.45, 2.75) is 33.2 Å². The molecule has 2 atom stereocenters. The van der Waals surface area contributed by atoms with E-state index in [2.05, 4.69) is 5.32 Å². The van der Waals surface area contributed by atoms with Crippen molar-refractivity contribution in [2.24, 2.45) is 11.8 Å². The van der Waals surface area contributed by atoms with E-state index in [9.17, 15) is 14.7 Å². The zero-order chi connectivity index (χ0) is 16.3. The summed E-state index contributed by atoms with van der Waals surface area (Å²) in [4.78, 5) is 23.7. The van der Waals surface area contributed by atoms with Gasteiger partial charge in [-0.3, -0.25) is 4.79 Å². The Morgan fingerprint density at radius 1 is 1.23 bits per heavy atom. The molecule has 1 amide bonds. The van der Waals surface area contributed by atoms with Gasteiger partial charge in [0.2, 0.25) is 5.91 Å². The van der Waals surface area contributed by atoms with Crippen LogP contribution >= 0.6 is 11.6 Å². The van der Waals surface area contributed by atoms with E-state index in [0.29, 0.717) is 24.4 Å². The van der Waals surface area contributed by atoms with Crippen molar-refractivity contribution in [2.75, 3.05) is 0 Å². The molecule has 0 saturated heterocycles. The summed E-state index contributed by atoms with van der Waals surface area (Å²) >= 11 is 5.90. The van der Waals surface area contributed by atoms with Crippen LogP contribution in [0.5, 0.6) is 0 Å². The average Bonchev–Trinajstić information content (AvgIpc) is 2.47. The minimum Gasteiger partial charge on any atom is -0.550 e. The number of rotatable bonds is 4. The highest BCUT2D eigenvalue weighted by Crippen LogP contribution is 2.34. The Morgan fingerprint density at radius 3 is 2.45 bits per heavy atom. The Kier molecular flexibility index (Phi) is 5.24. The van der Waals surface area contributed by atoms with Crippen molar-refractivity contribution in [1.29, 1.82) is 0 Å². The second-order valence-electron chi connectivity index (χ2n) is 5.85. The van der Waals surface area contributed by atoms with Gasteiger partial charge >= 0.3 is 0 Å². The number of carbonyl (C=O) groups is 2. The number of benzene rings is 1. The molecule has 1 aromatic rings. The SMILES string of the molecule is CC1=C(C)C[C@H](C(=O)NCc2cccc(Cl)c2)[C@@H](C(=O)[O-])C1. The number of hydrogen-bond donors (Lipinski definition) is 1. The molecular weight excluding hydrogens is 302 g/mol. The fourth-order valence-corrected chi connectivity index (χ4v) is 3.00. The zero-order valence-electron chi connectivity index (χ0n) is 12.7. The fourth-order valence-electron chi connectivity index (χ4n) is 2.78. The van der Waals surface area contributed by atoms with E-state index in [4.69, 9.17) is 11.6 Å². The van der Waals surface area contributed by atoms with Crippen molar-refractivity contribution >= 4 is 23.5 Å². The van der Waals surface area contributed by atoms with Crippen LogP contribution < -0.4 is 10.4 Å². The zero-order valence-corrected chi connectivity index (χ0v) is 13.4. The molecule has 0 heterocycles. The average molecular weight is 321 g/mol. The van der Waals surface area contributed by atoms with Crippen molar-refractivity contribution in [3.05, 3.63) is 46.0 Å². The Morgan fingerprint density at radius 2 is 1.86 bits per heavy atom. The van der Waals surface area contributed by atoms with Gasteiger partial charge in [0, 0.05) is 29.4 Å². The first-order chi connectivity index (χ1) is 10.4. The molecule has 0 saturated carbocycles. The first-order valence-electron chi connectivity index (χ1n) is 7.26. The van der Waals surface area contributed by atoms with E-state index >= 15 is 0 Å². The maximum absolute atomic E-state index is 12.4. The second kappa shape index (κ2) is 6.97.